The number of aromatic nitrogens is 4. The van der Waals surface area contributed by atoms with Gasteiger partial charge in [0.05, 0.1) is 22.8 Å². The highest BCUT2D eigenvalue weighted by Crippen LogP contribution is 2.32. The minimum Gasteiger partial charge on any atom is -0.370 e. The van der Waals surface area contributed by atoms with Gasteiger partial charge in [0.15, 0.2) is 16.6 Å². The number of carbonyl (C=O) groups excluding carboxylic acids is 1. The summed E-state index contributed by atoms with van der Waals surface area (Å²) in [4.78, 5) is 42.3. The number of fused-ring (bicyclic) bond motifs is 1. The zero-order valence-corrected chi connectivity index (χ0v) is 20.3. The highest BCUT2D eigenvalue weighted by atomic mass is 35.5. The van der Waals surface area contributed by atoms with Crippen molar-refractivity contribution < 1.29 is 9.18 Å². The monoisotopic (exact) mass is 487 g/mol. The Hall–Kier alpha value is -3.11. The Morgan fingerprint density at radius 1 is 1.32 bits per heavy atom. The SMILES string of the molecule is Cc1ccnc(C(C)C)c1-n1c(=O)nc(N2CCN(C)CC2CC(N)=O)c2cc(F)c(Cl)nc21. The fourth-order valence-corrected chi connectivity index (χ4v) is 4.62. The molecule has 1 aliphatic heterocycles. The molecule has 3 aromatic heterocycles. The van der Waals surface area contributed by atoms with Gasteiger partial charge in [-0.15, -0.1) is 0 Å². The number of nitrogens with two attached hydrogens (primary N) is 1. The summed E-state index contributed by atoms with van der Waals surface area (Å²) in [5.74, 6) is -0.936. The molecule has 0 aliphatic carbocycles. The lowest BCUT2D eigenvalue weighted by atomic mass is 10.0. The average Bonchev–Trinajstić information content (AvgIpc) is 2.75. The van der Waals surface area contributed by atoms with Crippen molar-refractivity contribution >= 4 is 34.4 Å². The molecule has 1 saturated heterocycles. The van der Waals surface area contributed by atoms with Gasteiger partial charge in [0.25, 0.3) is 0 Å². The van der Waals surface area contributed by atoms with Crippen LogP contribution in [0.3, 0.4) is 0 Å². The molecule has 34 heavy (non-hydrogen) atoms. The zero-order valence-electron chi connectivity index (χ0n) is 19.5. The molecule has 0 bridgehead atoms. The van der Waals surface area contributed by atoms with Crippen molar-refractivity contribution in [2.45, 2.75) is 39.2 Å². The number of anilines is 1. The highest BCUT2D eigenvalue weighted by molar-refractivity contribution is 6.30. The van der Waals surface area contributed by atoms with Gasteiger partial charge in [0.2, 0.25) is 5.91 Å². The summed E-state index contributed by atoms with van der Waals surface area (Å²) >= 11 is 6.08. The standard InChI is InChI=1S/C23H27ClFN7O2/c1-12(2)18-19(13(3)5-6-27-18)32-22-15(10-16(25)20(24)28-22)21(29-23(32)34)31-8-7-30(4)11-14(31)9-17(26)33/h5-6,10,12,14H,7-9,11H2,1-4H3,(H2,26,33). The van der Waals surface area contributed by atoms with Gasteiger partial charge < -0.3 is 15.5 Å². The minimum atomic E-state index is -0.727. The van der Waals surface area contributed by atoms with E-state index in [2.05, 4.69) is 19.9 Å². The van der Waals surface area contributed by atoms with Crippen LogP contribution in [0.15, 0.2) is 23.1 Å². The first-order valence-electron chi connectivity index (χ1n) is 11.1. The third-order valence-corrected chi connectivity index (χ3v) is 6.34. The summed E-state index contributed by atoms with van der Waals surface area (Å²) < 4.78 is 16.0. The topological polar surface area (TPSA) is 110 Å². The van der Waals surface area contributed by atoms with Crippen molar-refractivity contribution in [1.29, 1.82) is 0 Å². The first-order chi connectivity index (χ1) is 16.1. The van der Waals surface area contributed by atoms with E-state index in [0.29, 0.717) is 36.4 Å². The molecule has 11 heteroatoms. The van der Waals surface area contributed by atoms with Gasteiger partial charge in [-0.05, 0) is 37.6 Å². The number of hydrogen-bond donors (Lipinski definition) is 1. The molecule has 0 spiro atoms. The molecule has 1 fully saturated rings. The summed E-state index contributed by atoms with van der Waals surface area (Å²) in [7, 11) is 1.94. The van der Waals surface area contributed by atoms with Crippen LogP contribution in [-0.4, -0.2) is 63.0 Å². The molecule has 9 nitrogen and oxygen atoms in total. The molecule has 1 aliphatic rings. The van der Waals surface area contributed by atoms with E-state index in [9.17, 15) is 14.0 Å². The number of aryl methyl sites for hydroxylation is 1. The van der Waals surface area contributed by atoms with E-state index in [1.54, 1.807) is 12.3 Å². The predicted octanol–water partition coefficient (Wildman–Crippen LogP) is 2.40. The average molecular weight is 488 g/mol. The van der Waals surface area contributed by atoms with Crippen LogP contribution in [0, 0.1) is 12.7 Å². The lowest BCUT2D eigenvalue weighted by Gasteiger charge is -2.40. The largest absolute Gasteiger partial charge is 0.370 e. The van der Waals surface area contributed by atoms with Crippen molar-refractivity contribution in [3.63, 3.8) is 0 Å². The molecule has 1 unspecified atom stereocenters. The van der Waals surface area contributed by atoms with Gasteiger partial charge in [0, 0.05) is 32.3 Å². The molecular weight excluding hydrogens is 461 g/mol. The summed E-state index contributed by atoms with van der Waals surface area (Å²) in [6.07, 6.45) is 1.75. The predicted molar refractivity (Wildman–Crippen MR) is 129 cm³/mol. The fraction of sp³-hybridized carbons (Fsp3) is 0.435. The van der Waals surface area contributed by atoms with Gasteiger partial charge in [-0.2, -0.15) is 4.98 Å². The van der Waals surface area contributed by atoms with E-state index in [-0.39, 0.29) is 35.0 Å². The van der Waals surface area contributed by atoms with Gasteiger partial charge in [-0.3, -0.25) is 9.78 Å². The molecule has 0 saturated carbocycles. The van der Waals surface area contributed by atoms with E-state index < -0.39 is 17.4 Å². The van der Waals surface area contributed by atoms with Crippen molar-refractivity contribution in [2.75, 3.05) is 31.6 Å². The Morgan fingerprint density at radius 3 is 2.74 bits per heavy atom. The van der Waals surface area contributed by atoms with Crippen LogP contribution in [0.4, 0.5) is 10.2 Å². The van der Waals surface area contributed by atoms with Gasteiger partial charge >= 0.3 is 5.69 Å². The normalized spacial score (nSPS) is 17.0. The maximum Gasteiger partial charge on any atom is 0.355 e. The Kier molecular flexibility index (Phi) is 6.55. The molecule has 0 radical (unpaired) electrons. The smallest absolute Gasteiger partial charge is 0.355 e. The summed E-state index contributed by atoms with van der Waals surface area (Å²) in [6, 6.07) is 2.71. The van der Waals surface area contributed by atoms with Crippen LogP contribution in [0.5, 0.6) is 0 Å². The summed E-state index contributed by atoms with van der Waals surface area (Å²) in [6.45, 7) is 7.50. The highest BCUT2D eigenvalue weighted by Gasteiger charge is 2.31. The van der Waals surface area contributed by atoms with Gasteiger partial charge in [-0.1, -0.05) is 25.4 Å². The van der Waals surface area contributed by atoms with E-state index in [4.69, 9.17) is 17.3 Å². The van der Waals surface area contributed by atoms with E-state index >= 15 is 0 Å². The van der Waals surface area contributed by atoms with Crippen LogP contribution in [0.1, 0.15) is 37.4 Å². The van der Waals surface area contributed by atoms with E-state index in [0.717, 1.165) is 5.56 Å². The van der Waals surface area contributed by atoms with E-state index in [1.165, 1.54) is 10.6 Å². The second kappa shape index (κ2) is 9.27. The van der Waals surface area contributed by atoms with Crippen LogP contribution >= 0.6 is 11.6 Å². The summed E-state index contributed by atoms with van der Waals surface area (Å²) in [5, 5.41) is -0.0315. The lowest BCUT2D eigenvalue weighted by Crippen LogP contribution is -2.54. The van der Waals surface area contributed by atoms with E-state index in [1.807, 2.05) is 32.7 Å². The number of hydrogen-bond acceptors (Lipinski definition) is 7. The molecule has 4 rings (SSSR count). The maximum atomic E-state index is 14.7. The zero-order chi connectivity index (χ0) is 24.7. The van der Waals surface area contributed by atoms with Gasteiger partial charge in [-0.25, -0.2) is 18.7 Å². The van der Waals surface area contributed by atoms with Gasteiger partial charge in [0.1, 0.15) is 5.82 Å². The third-order valence-electron chi connectivity index (χ3n) is 6.08. The van der Waals surface area contributed by atoms with Crippen LogP contribution < -0.4 is 16.3 Å². The molecular formula is C23H27ClFN7O2. The minimum absolute atomic E-state index is 0.00465. The fourth-order valence-electron chi connectivity index (χ4n) is 4.49. The van der Waals surface area contributed by atoms with Crippen molar-refractivity contribution in [3.05, 3.63) is 51.0 Å². The molecule has 3 aromatic rings. The second-order valence-corrected chi connectivity index (χ2v) is 9.34. The maximum absolute atomic E-state index is 14.7. The number of amides is 1. The molecule has 1 amide bonds. The lowest BCUT2D eigenvalue weighted by molar-refractivity contribution is -0.118. The number of likely N-dealkylation sites (N-methyl/N-ethyl adjacent to an activating group) is 1. The number of halogens is 2. The number of pyridine rings is 2. The Labute approximate surface area is 201 Å². The number of nitrogens with zero attached hydrogens (tertiary/aromatic N) is 6. The molecule has 4 heterocycles. The number of carbonyl (C=O) groups is 1. The quantitative estimate of drug-likeness (QED) is 0.550. The molecule has 0 aromatic carbocycles. The Balaban J connectivity index is 2.03. The third kappa shape index (κ3) is 4.35. The molecule has 2 N–H and O–H groups in total. The number of primary amides is 1. The Morgan fingerprint density at radius 2 is 2.06 bits per heavy atom. The van der Waals surface area contributed by atoms with Crippen molar-refractivity contribution in [3.8, 4) is 5.69 Å². The number of piperazine rings is 1. The summed E-state index contributed by atoms with van der Waals surface area (Å²) in [5.41, 5.74) is 7.11. The second-order valence-electron chi connectivity index (χ2n) is 8.98. The molecule has 1 atom stereocenters. The first-order valence-corrected chi connectivity index (χ1v) is 11.4. The van der Waals surface area contributed by atoms with Crippen molar-refractivity contribution in [2.24, 2.45) is 5.73 Å². The first kappa shape index (κ1) is 24.0. The van der Waals surface area contributed by atoms with Crippen LogP contribution in [0.2, 0.25) is 5.15 Å². The molecule has 180 valence electrons. The number of rotatable bonds is 5. The Bertz CT molecular complexity index is 1330. The van der Waals surface area contributed by atoms with Crippen LogP contribution in [0.25, 0.3) is 16.7 Å². The van der Waals surface area contributed by atoms with Crippen molar-refractivity contribution in [1.82, 2.24) is 24.4 Å². The van der Waals surface area contributed by atoms with Crippen LogP contribution in [-0.2, 0) is 4.79 Å².